The molecule has 0 radical (unpaired) electrons. The molecule has 6 heteroatoms. The van der Waals surface area contributed by atoms with Gasteiger partial charge in [-0.2, -0.15) is 0 Å². The lowest BCUT2D eigenvalue weighted by Crippen LogP contribution is -2.11. The van der Waals surface area contributed by atoms with Crippen molar-refractivity contribution in [3.8, 4) is 5.75 Å². The summed E-state index contributed by atoms with van der Waals surface area (Å²) in [6, 6.07) is 9.75. The van der Waals surface area contributed by atoms with Gasteiger partial charge in [0.05, 0.1) is 12.2 Å². The molecule has 2 heterocycles. The Morgan fingerprint density at radius 1 is 1.27 bits per heavy atom. The van der Waals surface area contributed by atoms with Gasteiger partial charge < -0.3 is 14.0 Å². The standard InChI is InChI=1S/C16H21N3O2S/c1-12-8-9-14(21-12)11-22-16-18-17-15(19(16)2)10-20-13-6-4-3-5-7-13/h3-7,12,14H,8-11H2,1-2H3. The Balaban J connectivity index is 1.53. The zero-order chi connectivity index (χ0) is 15.4. The minimum atomic E-state index is 0.334. The maximum Gasteiger partial charge on any atom is 0.191 e. The molecule has 0 saturated carbocycles. The molecule has 5 nitrogen and oxygen atoms in total. The Morgan fingerprint density at radius 2 is 2.09 bits per heavy atom. The van der Waals surface area contributed by atoms with Gasteiger partial charge in [-0.1, -0.05) is 30.0 Å². The molecule has 1 aliphatic rings. The predicted octanol–water partition coefficient (Wildman–Crippen LogP) is 3.05. The van der Waals surface area contributed by atoms with Gasteiger partial charge in [0.25, 0.3) is 0 Å². The molecule has 118 valence electrons. The molecule has 1 aromatic heterocycles. The molecule has 1 fully saturated rings. The van der Waals surface area contributed by atoms with Crippen molar-refractivity contribution >= 4 is 11.8 Å². The summed E-state index contributed by atoms with van der Waals surface area (Å²) >= 11 is 1.70. The van der Waals surface area contributed by atoms with Crippen LogP contribution in [-0.4, -0.2) is 32.7 Å². The third kappa shape index (κ3) is 3.81. The second-order valence-electron chi connectivity index (χ2n) is 5.52. The van der Waals surface area contributed by atoms with E-state index >= 15 is 0 Å². The maximum absolute atomic E-state index is 5.83. The second kappa shape index (κ2) is 7.15. The van der Waals surface area contributed by atoms with Crippen LogP contribution in [0.5, 0.6) is 5.75 Å². The first kappa shape index (κ1) is 15.4. The van der Waals surface area contributed by atoms with E-state index in [4.69, 9.17) is 9.47 Å². The average molecular weight is 319 g/mol. The van der Waals surface area contributed by atoms with Gasteiger partial charge in [-0.25, -0.2) is 0 Å². The Morgan fingerprint density at radius 3 is 2.82 bits per heavy atom. The minimum Gasteiger partial charge on any atom is -0.486 e. The van der Waals surface area contributed by atoms with E-state index < -0.39 is 0 Å². The highest BCUT2D eigenvalue weighted by Gasteiger charge is 2.22. The van der Waals surface area contributed by atoms with Crippen LogP contribution in [0.3, 0.4) is 0 Å². The Kier molecular flexibility index (Phi) is 5.00. The predicted molar refractivity (Wildman–Crippen MR) is 86.1 cm³/mol. The van der Waals surface area contributed by atoms with E-state index in [1.807, 2.05) is 41.9 Å². The molecule has 22 heavy (non-hydrogen) atoms. The van der Waals surface area contributed by atoms with Gasteiger partial charge in [-0.3, -0.25) is 0 Å². The van der Waals surface area contributed by atoms with E-state index in [9.17, 15) is 0 Å². The SMILES string of the molecule is CC1CCC(CSc2nnc(COc3ccccc3)n2C)O1. The number of rotatable bonds is 6. The van der Waals surface area contributed by atoms with E-state index in [1.165, 1.54) is 0 Å². The summed E-state index contributed by atoms with van der Waals surface area (Å²) in [5.74, 6) is 2.59. The number of aromatic nitrogens is 3. The largest absolute Gasteiger partial charge is 0.486 e. The highest BCUT2D eigenvalue weighted by atomic mass is 32.2. The molecule has 0 spiro atoms. The van der Waals surface area contributed by atoms with Gasteiger partial charge in [0.1, 0.15) is 12.4 Å². The van der Waals surface area contributed by atoms with Gasteiger partial charge >= 0.3 is 0 Å². The summed E-state index contributed by atoms with van der Waals surface area (Å²) in [6.07, 6.45) is 3.01. The summed E-state index contributed by atoms with van der Waals surface area (Å²) < 4.78 is 13.5. The second-order valence-corrected chi connectivity index (χ2v) is 6.50. The molecule has 0 bridgehead atoms. The fourth-order valence-electron chi connectivity index (χ4n) is 2.44. The molecule has 2 atom stereocenters. The minimum absolute atomic E-state index is 0.334. The molecule has 1 saturated heterocycles. The maximum atomic E-state index is 5.83. The third-order valence-corrected chi connectivity index (χ3v) is 4.91. The van der Waals surface area contributed by atoms with Crippen LogP contribution in [0.25, 0.3) is 0 Å². The number of nitrogens with zero attached hydrogens (tertiary/aromatic N) is 3. The van der Waals surface area contributed by atoms with Crippen molar-refractivity contribution in [3.05, 3.63) is 36.2 Å². The Bertz CT molecular complexity index is 603. The molecule has 0 amide bonds. The van der Waals surface area contributed by atoms with Crippen LogP contribution >= 0.6 is 11.8 Å². The first-order valence-corrected chi connectivity index (χ1v) is 8.55. The molecule has 2 unspecified atom stereocenters. The molecule has 0 N–H and O–H groups in total. The van der Waals surface area contributed by atoms with Crippen molar-refractivity contribution in [2.75, 3.05) is 5.75 Å². The third-order valence-electron chi connectivity index (χ3n) is 3.75. The number of thioether (sulfide) groups is 1. The van der Waals surface area contributed by atoms with E-state index in [1.54, 1.807) is 11.8 Å². The molecule has 0 aliphatic carbocycles. The summed E-state index contributed by atoms with van der Waals surface area (Å²) in [5, 5.41) is 9.38. The fourth-order valence-corrected chi connectivity index (χ4v) is 3.41. The fraction of sp³-hybridized carbons (Fsp3) is 0.500. The highest BCUT2D eigenvalue weighted by Crippen LogP contribution is 2.25. The topological polar surface area (TPSA) is 49.2 Å². The van der Waals surface area contributed by atoms with Crippen molar-refractivity contribution in [1.29, 1.82) is 0 Å². The van der Waals surface area contributed by atoms with Crippen LogP contribution in [0.1, 0.15) is 25.6 Å². The van der Waals surface area contributed by atoms with E-state index in [-0.39, 0.29) is 0 Å². The van der Waals surface area contributed by atoms with Crippen LogP contribution in [0, 0.1) is 0 Å². The summed E-state index contributed by atoms with van der Waals surface area (Å²) in [6.45, 7) is 2.55. The molecule has 3 rings (SSSR count). The highest BCUT2D eigenvalue weighted by molar-refractivity contribution is 7.99. The monoisotopic (exact) mass is 319 g/mol. The number of ether oxygens (including phenoxy) is 2. The Labute approximate surface area is 135 Å². The molecular weight excluding hydrogens is 298 g/mol. The smallest absolute Gasteiger partial charge is 0.191 e. The average Bonchev–Trinajstić information content (AvgIpc) is 3.10. The molecular formula is C16H21N3O2S. The van der Waals surface area contributed by atoms with Gasteiger partial charge in [0.2, 0.25) is 0 Å². The van der Waals surface area contributed by atoms with Crippen LogP contribution in [-0.2, 0) is 18.4 Å². The summed E-state index contributed by atoms with van der Waals surface area (Å²) in [5.41, 5.74) is 0. The van der Waals surface area contributed by atoms with Crippen molar-refractivity contribution in [1.82, 2.24) is 14.8 Å². The van der Waals surface area contributed by atoms with E-state index in [0.29, 0.717) is 18.8 Å². The van der Waals surface area contributed by atoms with Gasteiger partial charge in [0.15, 0.2) is 11.0 Å². The first-order valence-electron chi connectivity index (χ1n) is 7.56. The number of hydrogen-bond donors (Lipinski definition) is 0. The lowest BCUT2D eigenvalue weighted by atomic mass is 10.2. The molecule has 1 aliphatic heterocycles. The van der Waals surface area contributed by atoms with Crippen molar-refractivity contribution in [2.45, 2.75) is 43.7 Å². The number of hydrogen-bond acceptors (Lipinski definition) is 5. The quantitative estimate of drug-likeness (QED) is 0.766. The van der Waals surface area contributed by atoms with Gasteiger partial charge in [-0.15, -0.1) is 10.2 Å². The van der Waals surface area contributed by atoms with Crippen LogP contribution in [0.15, 0.2) is 35.5 Å². The van der Waals surface area contributed by atoms with Crippen LogP contribution < -0.4 is 4.74 Å². The summed E-state index contributed by atoms with van der Waals surface area (Å²) in [7, 11) is 1.98. The van der Waals surface area contributed by atoms with Crippen LogP contribution in [0.4, 0.5) is 0 Å². The van der Waals surface area contributed by atoms with Gasteiger partial charge in [0, 0.05) is 12.8 Å². The number of benzene rings is 1. The molecule has 1 aromatic carbocycles. The lowest BCUT2D eigenvalue weighted by Gasteiger charge is -2.10. The van der Waals surface area contributed by atoms with Crippen molar-refractivity contribution in [2.24, 2.45) is 7.05 Å². The summed E-state index contributed by atoms with van der Waals surface area (Å²) in [4.78, 5) is 0. The van der Waals surface area contributed by atoms with Gasteiger partial charge in [-0.05, 0) is 31.9 Å². The van der Waals surface area contributed by atoms with Crippen LogP contribution in [0.2, 0.25) is 0 Å². The zero-order valence-corrected chi connectivity index (χ0v) is 13.8. The van der Waals surface area contributed by atoms with Crippen molar-refractivity contribution < 1.29 is 9.47 Å². The zero-order valence-electron chi connectivity index (χ0n) is 12.9. The number of para-hydroxylation sites is 1. The normalized spacial score (nSPS) is 21.2. The molecule has 2 aromatic rings. The lowest BCUT2D eigenvalue weighted by molar-refractivity contribution is 0.0699. The Hall–Kier alpha value is -1.53. The van der Waals surface area contributed by atoms with E-state index in [2.05, 4.69) is 17.1 Å². The van der Waals surface area contributed by atoms with Crippen molar-refractivity contribution in [3.63, 3.8) is 0 Å². The first-order chi connectivity index (χ1) is 10.7. The van der Waals surface area contributed by atoms with E-state index in [0.717, 1.165) is 35.3 Å².